The fraction of sp³-hybridized carbons (Fsp3) is 0.281. The largest absolute Gasteiger partial charge is 0.497 e. The second-order valence-electron chi connectivity index (χ2n) is 10.4. The molecule has 11 heteroatoms. The lowest BCUT2D eigenvalue weighted by molar-refractivity contribution is -0.115. The number of aromatic nitrogens is 3. The first kappa shape index (κ1) is 28.6. The Kier molecular flexibility index (Phi) is 8.52. The molecule has 0 bridgehead atoms. The number of carbonyl (C=O) groups is 2. The fourth-order valence-electron chi connectivity index (χ4n) is 5.44. The van der Waals surface area contributed by atoms with E-state index >= 15 is 0 Å². The van der Waals surface area contributed by atoms with E-state index < -0.39 is 0 Å². The zero-order valence-corrected chi connectivity index (χ0v) is 24.8. The Morgan fingerprint density at radius 3 is 2.65 bits per heavy atom. The highest BCUT2D eigenvalue weighted by molar-refractivity contribution is 8.18. The standard InChI is InChI=1S/C32H32N6O4S/c1-41-23-7-8-25(28(17-23)42-2)26-15-21-5-3-4-6-24(21)27(36-26)19-33-18-20-10-13-38(14-11-20)31-34-12-9-22(35-31)16-29-30(39)37-32(40)43-29/h3-9,12,15-17,20,33H,10-11,13-14,18-19H2,1-2H3,(H,37,39,40). The highest BCUT2D eigenvalue weighted by atomic mass is 32.2. The minimum Gasteiger partial charge on any atom is -0.497 e. The molecule has 2 saturated heterocycles. The number of methoxy groups -OCH3 is 2. The number of amides is 2. The van der Waals surface area contributed by atoms with Crippen LogP contribution in [0.25, 0.3) is 28.1 Å². The summed E-state index contributed by atoms with van der Waals surface area (Å²) in [5.41, 5.74) is 3.39. The van der Waals surface area contributed by atoms with Gasteiger partial charge in [0.1, 0.15) is 11.5 Å². The van der Waals surface area contributed by atoms with E-state index in [0.717, 1.165) is 83.5 Å². The zero-order chi connectivity index (χ0) is 29.8. The van der Waals surface area contributed by atoms with Gasteiger partial charge < -0.3 is 19.7 Å². The van der Waals surface area contributed by atoms with Crippen molar-refractivity contribution in [3.05, 3.63) is 77.1 Å². The quantitative estimate of drug-likeness (QED) is 0.255. The highest BCUT2D eigenvalue weighted by Crippen LogP contribution is 2.34. The first-order valence-electron chi connectivity index (χ1n) is 14.2. The molecule has 4 heterocycles. The van der Waals surface area contributed by atoms with Gasteiger partial charge in [-0.05, 0) is 72.8 Å². The van der Waals surface area contributed by atoms with Crippen molar-refractivity contribution in [1.29, 1.82) is 0 Å². The van der Waals surface area contributed by atoms with Crippen molar-refractivity contribution in [2.45, 2.75) is 19.4 Å². The summed E-state index contributed by atoms with van der Waals surface area (Å²) in [7, 11) is 3.30. The third-order valence-corrected chi connectivity index (χ3v) is 8.52. The van der Waals surface area contributed by atoms with Crippen LogP contribution in [0.4, 0.5) is 10.7 Å². The van der Waals surface area contributed by atoms with Gasteiger partial charge in [-0.15, -0.1) is 0 Å². The normalized spacial score (nSPS) is 16.6. The summed E-state index contributed by atoms with van der Waals surface area (Å²) in [6.07, 6.45) is 5.33. The lowest BCUT2D eigenvalue weighted by Gasteiger charge is -2.32. The zero-order valence-electron chi connectivity index (χ0n) is 24.0. The van der Waals surface area contributed by atoms with Crippen LogP contribution >= 0.6 is 11.8 Å². The van der Waals surface area contributed by atoms with Gasteiger partial charge in [-0.1, -0.05) is 24.3 Å². The van der Waals surface area contributed by atoms with E-state index in [1.54, 1.807) is 32.6 Å². The van der Waals surface area contributed by atoms with E-state index in [0.29, 0.717) is 29.0 Å². The van der Waals surface area contributed by atoms with Crippen LogP contribution in [-0.2, 0) is 11.3 Å². The van der Waals surface area contributed by atoms with Gasteiger partial charge in [-0.2, -0.15) is 0 Å². The van der Waals surface area contributed by atoms with Crippen LogP contribution in [0.3, 0.4) is 0 Å². The predicted molar refractivity (Wildman–Crippen MR) is 168 cm³/mol. The molecule has 0 spiro atoms. The molecule has 43 heavy (non-hydrogen) atoms. The number of pyridine rings is 1. The number of imide groups is 1. The average Bonchev–Trinajstić information content (AvgIpc) is 3.36. The van der Waals surface area contributed by atoms with Crippen LogP contribution in [0.2, 0.25) is 0 Å². The number of benzene rings is 2. The van der Waals surface area contributed by atoms with Gasteiger partial charge in [0.15, 0.2) is 0 Å². The molecule has 10 nitrogen and oxygen atoms in total. The molecule has 2 N–H and O–H groups in total. The number of rotatable bonds is 9. The molecule has 220 valence electrons. The van der Waals surface area contributed by atoms with Crippen molar-refractivity contribution in [3.63, 3.8) is 0 Å². The van der Waals surface area contributed by atoms with Crippen molar-refractivity contribution >= 4 is 45.7 Å². The fourth-order valence-corrected chi connectivity index (χ4v) is 6.10. The Balaban J connectivity index is 1.09. The number of thioether (sulfide) groups is 1. The van der Waals surface area contributed by atoms with Gasteiger partial charge in [0.25, 0.3) is 11.1 Å². The van der Waals surface area contributed by atoms with Crippen LogP contribution in [0, 0.1) is 5.92 Å². The third kappa shape index (κ3) is 6.47. The highest BCUT2D eigenvalue weighted by Gasteiger charge is 2.26. The summed E-state index contributed by atoms with van der Waals surface area (Å²) in [4.78, 5) is 40.0. The molecule has 2 aliphatic rings. The number of piperidine rings is 1. The van der Waals surface area contributed by atoms with Gasteiger partial charge in [0.05, 0.1) is 36.2 Å². The molecule has 0 aliphatic carbocycles. The number of carbonyl (C=O) groups excluding carboxylic acids is 2. The summed E-state index contributed by atoms with van der Waals surface area (Å²) >= 11 is 0.885. The molecule has 2 aliphatic heterocycles. The molecular formula is C32H32N6O4S. The van der Waals surface area contributed by atoms with E-state index in [4.69, 9.17) is 14.5 Å². The minimum absolute atomic E-state index is 0.343. The molecule has 0 unspecified atom stereocenters. The molecule has 6 rings (SSSR count). The second-order valence-corrected chi connectivity index (χ2v) is 11.5. The van der Waals surface area contributed by atoms with Crippen LogP contribution in [-0.4, -0.2) is 60.0 Å². The molecule has 2 aromatic heterocycles. The SMILES string of the molecule is COc1ccc(-c2cc3ccccc3c(CNCC3CCN(c4nccc(C=C5SC(=O)NC5=O)n4)CC3)n2)c(OC)c1. The smallest absolute Gasteiger partial charge is 0.290 e. The number of nitrogens with one attached hydrogen (secondary N) is 2. The Morgan fingerprint density at radius 2 is 1.88 bits per heavy atom. The topological polar surface area (TPSA) is 119 Å². The lowest BCUT2D eigenvalue weighted by Crippen LogP contribution is -2.38. The van der Waals surface area contributed by atoms with E-state index in [1.807, 2.05) is 30.3 Å². The molecule has 2 fully saturated rings. The van der Waals surface area contributed by atoms with E-state index in [2.05, 4.69) is 43.7 Å². The number of nitrogens with zero attached hydrogens (tertiary/aromatic N) is 4. The van der Waals surface area contributed by atoms with Crippen LogP contribution in [0.1, 0.15) is 24.2 Å². The van der Waals surface area contributed by atoms with Gasteiger partial charge in [-0.3, -0.25) is 19.9 Å². The Hall–Kier alpha value is -4.48. The van der Waals surface area contributed by atoms with Crippen molar-refractivity contribution in [3.8, 4) is 22.8 Å². The van der Waals surface area contributed by atoms with Crippen LogP contribution in [0.5, 0.6) is 11.5 Å². The number of hydrogen-bond acceptors (Lipinski definition) is 10. The Labute approximate surface area is 253 Å². The molecule has 0 atom stereocenters. The summed E-state index contributed by atoms with van der Waals surface area (Å²) in [5.74, 6) is 2.22. The summed E-state index contributed by atoms with van der Waals surface area (Å²) < 4.78 is 11.0. The molecular weight excluding hydrogens is 564 g/mol. The average molecular weight is 597 g/mol. The van der Waals surface area contributed by atoms with Crippen molar-refractivity contribution < 1.29 is 19.1 Å². The van der Waals surface area contributed by atoms with Crippen molar-refractivity contribution in [2.24, 2.45) is 5.92 Å². The maximum absolute atomic E-state index is 11.9. The Bertz CT molecular complexity index is 1700. The summed E-state index contributed by atoms with van der Waals surface area (Å²) in [6.45, 7) is 3.22. The number of anilines is 1. The monoisotopic (exact) mass is 596 g/mol. The summed E-state index contributed by atoms with van der Waals surface area (Å²) in [6, 6.07) is 18.0. The van der Waals surface area contributed by atoms with E-state index in [1.165, 1.54) is 0 Å². The summed E-state index contributed by atoms with van der Waals surface area (Å²) in [5, 5.41) is 7.83. The molecule has 4 aromatic rings. The van der Waals surface area contributed by atoms with Gasteiger partial charge in [0, 0.05) is 42.8 Å². The van der Waals surface area contributed by atoms with Crippen LogP contribution in [0.15, 0.2) is 65.7 Å². The first-order valence-corrected chi connectivity index (χ1v) is 15.0. The van der Waals surface area contributed by atoms with Gasteiger partial charge >= 0.3 is 0 Å². The molecule has 0 radical (unpaired) electrons. The van der Waals surface area contributed by atoms with E-state index in [-0.39, 0.29) is 11.1 Å². The minimum atomic E-state index is -0.390. The number of hydrogen-bond donors (Lipinski definition) is 2. The Morgan fingerprint density at radius 1 is 1.05 bits per heavy atom. The second kappa shape index (κ2) is 12.8. The van der Waals surface area contributed by atoms with Crippen LogP contribution < -0.4 is 25.0 Å². The molecule has 0 saturated carbocycles. The van der Waals surface area contributed by atoms with Crippen molar-refractivity contribution in [1.82, 2.24) is 25.6 Å². The first-order chi connectivity index (χ1) is 21.0. The van der Waals surface area contributed by atoms with E-state index in [9.17, 15) is 9.59 Å². The lowest BCUT2D eigenvalue weighted by atomic mass is 9.97. The maximum Gasteiger partial charge on any atom is 0.290 e. The van der Waals surface area contributed by atoms with Gasteiger partial charge in [-0.25, -0.2) is 9.97 Å². The molecule has 2 aromatic carbocycles. The molecule has 2 amide bonds. The maximum atomic E-state index is 11.9. The third-order valence-electron chi connectivity index (χ3n) is 7.71. The van der Waals surface area contributed by atoms with Crippen molar-refractivity contribution in [2.75, 3.05) is 38.8 Å². The predicted octanol–water partition coefficient (Wildman–Crippen LogP) is 5.04. The number of fused-ring (bicyclic) bond motifs is 1. The van der Waals surface area contributed by atoms with Gasteiger partial charge in [0.2, 0.25) is 5.95 Å². The number of ether oxygens (including phenoxy) is 2.